The standard InChI is InChI=1S/C33H39NO3/c1-6-33(7-2,34-30(35)25-14-9-8-10-15-25)31(36)37-29-21-23(3)17-20-28(29)32(4,5)27-19-18-24-13-11-12-16-26(24)22-27/h6,8-16,18-19,22-23,28-29H,1,7,17,20-21H2,2-5H3,(H,34,35)/t23-,28-,29-,33+/m1/s1. The predicted octanol–water partition coefficient (Wildman–Crippen LogP) is 7.23. The second-order valence-electron chi connectivity index (χ2n) is 11.1. The fourth-order valence-electron chi connectivity index (χ4n) is 5.76. The number of nitrogens with one attached hydrogen (secondary N) is 1. The Morgan fingerprint density at radius 2 is 1.68 bits per heavy atom. The van der Waals surface area contributed by atoms with E-state index in [4.69, 9.17) is 4.74 Å². The lowest BCUT2D eigenvalue weighted by molar-refractivity contribution is -0.162. The van der Waals surface area contributed by atoms with Crippen LogP contribution in [0.4, 0.5) is 0 Å². The molecule has 37 heavy (non-hydrogen) atoms. The smallest absolute Gasteiger partial charge is 0.336 e. The van der Waals surface area contributed by atoms with E-state index in [1.807, 2.05) is 13.0 Å². The SMILES string of the molecule is C=C[C@@](CC)(NC(=O)c1ccccc1)C(=O)O[C@@H]1C[C@H](C)CC[C@H]1C(C)(C)c1ccc2ccccc2c1. The van der Waals surface area contributed by atoms with Crippen molar-refractivity contribution in [2.45, 2.75) is 70.4 Å². The maximum atomic E-state index is 13.7. The van der Waals surface area contributed by atoms with Crippen LogP contribution in [-0.4, -0.2) is 23.5 Å². The van der Waals surface area contributed by atoms with E-state index in [2.05, 4.69) is 75.1 Å². The van der Waals surface area contributed by atoms with Gasteiger partial charge in [0.1, 0.15) is 6.10 Å². The molecule has 1 aliphatic carbocycles. The molecule has 0 bridgehead atoms. The van der Waals surface area contributed by atoms with Gasteiger partial charge >= 0.3 is 5.97 Å². The van der Waals surface area contributed by atoms with Gasteiger partial charge in [-0.2, -0.15) is 0 Å². The molecule has 0 aliphatic heterocycles. The maximum absolute atomic E-state index is 13.7. The second-order valence-corrected chi connectivity index (χ2v) is 11.1. The van der Waals surface area contributed by atoms with Crippen LogP contribution in [0.15, 0.2) is 85.5 Å². The molecule has 0 saturated heterocycles. The van der Waals surface area contributed by atoms with Gasteiger partial charge in [0, 0.05) is 11.5 Å². The van der Waals surface area contributed by atoms with E-state index in [1.165, 1.54) is 22.4 Å². The van der Waals surface area contributed by atoms with Crippen LogP contribution in [0.25, 0.3) is 10.8 Å². The average Bonchev–Trinajstić information content (AvgIpc) is 2.91. The first-order valence-electron chi connectivity index (χ1n) is 13.4. The van der Waals surface area contributed by atoms with Gasteiger partial charge in [0.05, 0.1) is 0 Å². The molecule has 1 saturated carbocycles. The zero-order valence-corrected chi connectivity index (χ0v) is 22.5. The van der Waals surface area contributed by atoms with Crippen molar-refractivity contribution in [3.05, 3.63) is 96.6 Å². The second kappa shape index (κ2) is 10.9. The Labute approximate surface area is 221 Å². The minimum Gasteiger partial charge on any atom is -0.460 e. The summed E-state index contributed by atoms with van der Waals surface area (Å²) in [6.45, 7) is 12.5. The first-order valence-corrected chi connectivity index (χ1v) is 13.4. The lowest BCUT2D eigenvalue weighted by Gasteiger charge is -2.45. The van der Waals surface area contributed by atoms with Gasteiger partial charge in [-0.15, -0.1) is 6.58 Å². The molecule has 0 spiro atoms. The predicted molar refractivity (Wildman–Crippen MR) is 150 cm³/mol. The van der Waals surface area contributed by atoms with E-state index < -0.39 is 11.5 Å². The number of benzene rings is 3. The zero-order valence-electron chi connectivity index (χ0n) is 22.5. The third-order valence-corrected chi connectivity index (χ3v) is 8.38. The molecule has 3 aromatic rings. The molecular formula is C33H39NO3. The van der Waals surface area contributed by atoms with Crippen LogP contribution in [0.5, 0.6) is 0 Å². The van der Waals surface area contributed by atoms with E-state index in [1.54, 1.807) is 24.3 Å². The topological polar surface area (TPSA) is 55.4 Å². The van der Waals surface area contributed by atoms with Gasteiger partial charge in [-0.1, -0.05) is 101 Å². The average molecular weight is 498 g/mol. The summed E-state index contributed by atoms with van der Waals surface area (Å²) in [6.07, 6.45) is 4.50. The van der Waals surface area contributed by atoms with Gasteiger partial charge in [-0.25, -0.2) is 4.79 Å². The van der Waals surface area contributed by atoms with E-state index >= 15 is 0 Å². The van der Waals surface area contributed by atoms with Gasteiger partial charge < -0.3 is 10.1 Å². The van der Waals surface area contributed by atoms with Gasteiger partial charge in [-0.05, 0) is 59.1 Å². The number of carbonyl (C=O) groups is 2. The number of hydrogen-bond donors (Lipinski definition) is 1. The zero-order chi connectivity index (χ0) is 26.6. The molecule has 1 aliphatic rings. The number of esters is 1. The van der Waals surface area contributed by atoms with E-state index in [9.17, 15) is 9.59 Å². The third kappa shape index (κ3) is 5.49. The molecule has 4 heteroatoms. The number of fused-ring (bicyclic) bond motifs is 1. The van der Waals surface area contributed by atoms with Gasteiger partial charge in [0.2, 0.25) is 0 Å². The molecule has 0 heterocycles. The molecule has 194 valence electrons. The van der Waals surface area contributed by atoms with Gasteiger partial charge in [0.15, 0.2) is 5.54 Å². The van der Waals surface area contributed by atoms with Gasteiger partial charge in [-0.3, -0.25) is 4.79 Å². The van der Waals surface area contributed by atoms with E-state index in [-0.39, 0.29) is 23.3 Å². The molecule has 4 rings (SSSR count). The Morgan fingerprint density at radius 3 is 2.35 bits per heavy atom. The fourth-order valence-corrected chi connectivity index (χ4v) is 5.76. The summed E-state index contributed by atoms with van der Waals surface area (Å²) in [4.78, 5) is 26.7. The third-order valence-electron chi connectivity index (χ3n) is 8.38. The van der Waals surface area contributed by atoms with Crippen molar-refractivity contribution in [2.75, 3.05) is 0 Å². The first-order chi connectivity index (χ1) is 17.7. The number of ether oxygens (including phenoxy) is 1. The molecule has 4 nitrogen and oxygen atoms in total. The summed E-state index contributed by atoms with van der Waals surface area (Å²) in [6, 6.07) is 24.0. The van der Waals surface area contributed by atoms with Crippen molar-refractivity contribution >= 4 is 22.6 Å². The van der Waals surface area contributed by atoms with E-state index in [0.29, 0.717) is 17.9 Å². The van der Waals surface area contributed by atoms with Gasteiger partial charge in [0.25, 0.3) is 5.91 Å². The van der Waals surface area contributed by atoms with Crippen molar-refractivity contribution < 1.29 is 14.3 Å². The van der Waals surface area contributed by atoms with Crippen molar-refractivity contribution in [1.82, 2.24) is 5.32 Å². The molecule has 0 unspecified atom stereocenters. The highest BCUT2D eigenvalue weighted by Crippen LogP contribution is 2.44. The highest BCUT2D eigenvalue weighted by molar-refractivity contribution is 5.99. The summed E-state index contributed by atoms with van der Waals surface area (Å²) in [5, 5.41) is 5.35. The van der Waals surface area contributed by atoms with Crippen LogP contribution in [0, 0.1) is 11.8 Å². The number of hydrogen-bond acceptors (Lipinski definition) is 3. The number of carbonyl (C=O) groups excluding carboxylic acids is 2. The summed E-state index contributed by atoms with van der Waals surface area (Å²) in [5.74, 6) is -0.143. The molecule has 4 atom stereocenters. The van der Waals surface area contributed by atoms with E-state index in [0.717, 1.165) is 19.3 Å². The molecule has 0 radical (unpaired) electrons. The molecular weight excluding hydrogens is 458 g/mol. The first kappa shape index (κ1) is 26.7. The Kier molecular flexibility index (Phi) is 7.87. The lowest BCUT2D eigenvalue weighted by atomic mass is 9.64. The quantitative estimate of drug-likeness (QED) is 0.264. The lowest BCUT2D eigenvalue weighted by Crippen LogP contribution is -2.55. The maximum Gasteiger partial charge on any atom is 0.336 e. The molecule has 3 aromatic carbocycles. The van der Waals surface area contributed by atoms with Crippen LogP contribution in [0.2, 0.25) is 0 Å². The monoisotopic (exact) mass is 497 g/mol. The number of rotatable bonds is 8. The molecule has 0 aromatic heterocycles. The van der Waals surface area contributed by atoms with Crippen molar-refractivity contribution in [3.63, 3.8) is 0 Å². The van der Waals surface area contributed by atoms with Crippen LogP contribution >= 0.6 is 0 Å². The normalized spacial score (nSPS) is 21.6. The van der Waals surface area contributed by atoms with Crippen molar-refractivity contribution in [2.24, 2.45) is 11.8 Å². The molecule has 1 fully saturated rings. The van der Waals surface area contributed by atoms with Crippen LogP contribution in [0.1, 0.15) is 69.3 Å². The summed E-state index contributed by atoms with van der Waals surface area (Å²) in [5.41, 5.74) is 0.253. The Balaban J connectivity index is 1.60. The van der Waals surface area contributed by atoms with Crippen molar-refractivity contribution in [1.29, 1.82) is 0 Å². The highest BCUT2D eigenvalue weighted by Gasteiger charge is 2.45. The summed E-state index contributed by atoms with van der Waals surface area (Å²) >= 11 is 0. The Bertz CT molecular complexity index is 1260. The summed E-state index contributed by atoms with van der Waals surface area (Å²) < 4.78 is 6.33. The molecule has 1 N–H and O–H groups in total. The van der Waals surface area contributed by atoms with Crippen LogP contribution in [0.3, 0.4) is 0 Å². The van der Waals surface area contributed by atoms with Crippen molar-refractivity contribution in [3.8, 4) is 0 Å². The summed E-state index contributed by atoms with van der Waals surface area (Å²) in [7, 11) is 0. The highest BCUT2D eigenvalue weighted by atomic mass is 16.5. The Hall–Kier alpha value is -3.40. The minimum atomic E-state index is -1.29. The number of amides is 1. The minimum absolute atomic E-state index is 0.151. The van der Waals surface area contributed by atoms with Crippen LogP contribution < -0.4 is 5.32 Å². The molecule has 1 amide bonds. The Morgan fingerprint density at radius 1 is 1.00 bits per heavy atom. The fraction of sp³-hybridized carbons (Fsp3) is 0.394. The largest absolute Gasteiger partial charge is 0.460 e. The van der Waals surface area contributed by atoms with Crippen LogP contribution in [-0.2, 0) is 14.9 Å².